The third-order valence-electron chi connectivity index (χ3n) is 4.46. The van der Waals surface area contributed by atoms with Gasteiger partial charge in [0.25, 0.3) is 5.91 Å². The lowest BCUT2D eigenvalue weighted by molar-refractivity contribution is -0.141. The van der Waals surface area contributed by atoms with Gasteiger partial charge in [0.1, 0.15) is 23.6 Å². The molecule has 162 valence electrons. The van der Waals surface area contributed by atoms with Gasteiger partial charge in [-0.25, -0.2) is 4.79 Å². The van der Waals surface area contributed by atoms with Crippen molar-refractivity contribution in [1.29, 1.82) is 0 Å². The summed E-state index contributed by atoms with van der Waals surface area (Å²) in [6.07, 6.45) is 0. The van der Waals surface area contributed by atoms with E-state index in [1.54, 1.807) is 41.0 Å². The van der Waals surface area contributed by atoms with Crippen LogP contribution in [0.25, 0.3) is 10.2 Å². The highest BCUT2D eigenvalue weighted by atomic mass is 32.1. The van der Waals surface area contributed by atoms with Crippen LogP contribution in [0.4, 0.5) is 0 Å². The fourth-order valence-electron chi connectivity index (χ4n) is 2.95. The van der Waals surface area contributed by atoms with Gasteiger partial charge < -0.3 is 23.5 Å². The predicted molar refractivity (Wildman–Crippen MR) is 113 cm³/mol. The molecule has 10 heteroatoms. The number of carbonyl (C=O) groups excluding carboxylic acids is 3. The molecule has 1 amide bonds. The fourth-order valence-corrected chi connectivity index (χ4v) is 4.02. The maximum atomic E-state index is 13.1. The Kier molecular flexibility index (Phi) is 6.71. The number of ether oxygens (including phenoxy) is 4. The van der Waals surface area contributed by atoms with Gasteiger partial charge in [-0.3, -0.25) is 9.59 Å². The number of thiazole rings is 1. The van der Waals surface area contributed by atoms with Crippen LogP contribution in [0.2, 0.25) is 0 Å². The van der Waals surface area contributed by atoms with Gasteiger partial charge in [-0.05, 0) is 30.3 Å². The third kappa shape index (κ3) is 4.43. The second-order valence-electron chi connectivity index (χ2n) is 6.18. The zero-order chi connectivity index (χ0) is 22.5. The first kappa shape index (κ1) is 22.0. The number of fused-ring (bicyclic) bond motifs is 1. The van der Waals surface area contributed by atoms with Gasteiger partial charge >= 0.3 is 11.9 Å². The molecule has 0 bridgehead atoms. The Hall–Kier alpha value is -3.66. The zero-order valence-corrected chi connectivity index (χ0v) is 18.1. The van der Waals surface area contributed by atoms with E-state index >= 15 is 0 Å². The van der Waals surface area contributed by atoms with Gasteiger partial charge in [0.15, 0.2) is 4.80 Å². The minimum Gasteiger partial charge on any atom is -0.496 e. The molecule has 0 saturated heterocycles. The molecule has 0 aliphatic rings. The van der Waals surface area contributed by atoms with Crippen molar-refractivity contribution in [2.45, 2.75) is 6.54 Å². The number of carbonyl (C=O) groups is 3. The highest BCUT2D eigenvalue weighted by Gasteiger charge is 2.19. The van der Waals surface area contributed by atoms with Crippen molar-refractivity contribution in [2.24, 2.45) is 4.99 Å². The van der Waals surface area contributed by atoms with Crippen molar-refractivity contribution in [3.63, 3.8) is 0 Å². The van der Waals surface area contributed by atoms with Gasteiger partial charge in [-0.2, -0.15) is 4.99 Å². The van der Waals surface area contributed by atoms with E-state index in [2.05, 4.69) is 4.99 Å². The molecule has 0 unspecified atom stereocenters. The van der Waals surface area contributed by atoms with Crippen LogP contribution >= 0.6 is 11.3 Å². The number of esters is 2. The molecule has 0 aliphatic carbocycles. The van der Waals surface area contributed by atoms with Crippen LogP contribution in [0.15, 0.2) is 41.4 Å². The summed E-state index contributed by atoms with van der Waals surface area (Å²) < 4.78 is 22.3. The van der Waals surface area contributed by atoms with E-state index in [0.717, 1.165) is 11.3 Å². The topological polar surface area (TPSA) is 105 Å². The van der Waals surface area contributed by atoms with Gasteiger partial charge in [-0.1, -0.05) is 17.4 Å². The number of hydrogen-bond donors (Lipinski definition) is 0. The molecule has 0 saturated carbocycles. The predicted octanol–water partition coefficient (Wildman–Crippen LogP) is 2.42. The van der Waals surface area contributed by atoms with Crippen molar-refractivity contribution >= 4 is 39.4 Å². The monoisotopic (exact) mass is 444 g/mol. The molecule has 0 atom stereocenters. The highest BCUT2D eigenvalue weighted by Crippen LogP contribution is 2.29. The number of benzene rings is 2. The van der Waals surface area contributed by atoms with Crippen molar-refractivity contribution in [2.75, 3.05) is 28.4 Å². The average Bonchev–Trinajstić information content (AvgIpc) is 3.13. The minimum absolute atomic E-state index is 0.157. The molecular formula is C21H20N2O7S. The Balaban J connectivity index is 2.21. The van der Waals surface area contributed by atoms with Gasteiger partial charge in [0.05, 0.1) is 44.2 Å². The normalized spacial score (nSPS) is 11.3. The maximum Gasteiger partial charge on any atom is 0.337 e. The minimum atomic E-state index is -0.604. The molecule has 1 heterocycles. The number of nitrogens with zero attached hydrogens (tertiary/aromatic N) is 2. The van der Waals surface area contributed by atoms with Crippen LogP contribution in [-0.4, -0.2) is 50.9 Å². The summed E-state index contributed by atoms with van der Waals surface area (Å²) in [5.41, 5.74) is 1.11. The summed E-state index contributed by atoms with van der Waals surface area (Å²) in [7, 11) is 5.44. The number of rotatable bonds is 6. The number of hydrogen-bond acceptors (Lipinski definition) is 8. The Morgan fingerprint density at radius 3 is 2.23 bits per heavy atom. The summed E-state index contributed by atoms with van der Waals surface area (Å²) in [6.45, 7) is -0.163. The second kappa shape index (κ2) is 9.43. The van der Waals surface area contributed by atoms with E-state index in [0.29, 0.717) is 27.3 Å². The van der Waals surface area contributed by atoms with Crippen LogP contribution in [0.5, 0.6) is 11.5 Å². The smallest absolute Gasteiger partial charge is 0.337 e. The average molecular weight is 444 g/mol. The molecule has 3 aromatic rings. The molecule has 0 spiro atoms. The fraction of sp³-hybridized carbons (Fsp3) is 0.238. The van der Waals surface area contributed by atoms with Crippen LogP contribution < -0.4 is 14.3 Å². The van der Waals surface area contributed by atoms with Gasteiger partial charge in [0.2, 0.25) is 0 Å². The molecule has 3 rings (SSSR count). The SMILES string of the molecule is COC(=O)Cn1c(=NC(=O)c2c(OC)cccc2OC)sc2cc(C(=O)OC)ccc21. The third-order valence-corrected chi connectivity index (χ3v) is 5.50. The Morgan fingerprint density at radius 2 is 1.65 bits per heavy atom. The lowest BCUT2D eigenvalue weighted by Gasteiger charge is -2.09. The molecule has 9 nitrogen and oxygen atoms in total. The Bertz CT molecular complexity index is 1200. The first-order valence-electron chi connectivity index (χ1n) is 9.02. The Morgan fingerprint density at radius 1 is 0.968 bits per heavy atom. The first-order chi connectivity index (χ1) is 14.9. The number of methoxy groups -OCH3 is 4. The van der Waals surface area contributed by atoms with Gasteiger partial charge in [-0.15, -0.1) is 0 Å². The van der Waals surface area contributed by atoms with E-state index < -0.39 is 17.8 Å². The van der Waals surface area contributed by atoms with Crippen molar-refractivity contribution in [3.05, 3.63) is 52.3 Å². The molecule has 2 aromatic carbocycles. The van der Waals surface area contributed by atoms with Crippen molar-refractivity contribution < 1.29 is 33.3 Å². The summed E-state index contributed by atoms with van der Waals surface area (Å²) in [5.74, 6) is -1.00. The molecule has 1 aromatic heterocycles. The lowest BCUT2D eigenvalue weighted by Crippen LogP contribution is -2.22. The van der Waals surface area contributed by atoms with Crippen LogP contribution in [-0.2, 0) is 20.8 Å². The molecule has 0 N–H and O–H groups in total. The van der Waals surface area contributed by atoms with Gasteiger partial charge in [0, 0.05) is 0 Å². The van der Waals surface area contributed by atoms with Crippen molar-refractivity contribution in [3.8, 4) is 11.5 Å². The zero-order valence-electron chi connectivity index (χ0n) is 17.3. The first-order valence-corrected chi connectivity index (χ1v) is 9.83. The second-order valence-corrected chi connectivity index (χ2v) is 7.18. The van der Waals surface area contributed by atoms with Crippen molar-refractivity contribution in [1.82, 2.24) is 4.57 Å². The van der Waals surface area contributed by atoms with Crippen LogP contribution in [0.3, 0.4) is 0 Å². The van der Waals surface area contributed by atoms with E-state index in [1.165, 1.54) is 28.4 Å². The molecular weight excluding hydrogens is 424 g/mol. The number of aromatic nitrogens is 1. The van der Waals surface area contributed by atoms with E-state index in [-0.39, 0.29) is 16.9 Å². The largest absolute Gasteiger partial charge is 0.496 e. The van der Waals surface area contributed by atoms with E-state index in [4.69, 9.17) is 18.9 Å². The molecule has 0 fully saturated rings. The molecule has 0 radical (unpaired) electrons. The van der Waals surface area contributed by atoms with E-state index in [1.807, 2.05) is 0 Å². The summed E-state index contributed by atoms with van der Waals surface area (Å²) in [5, 5.41) is 0. The van der Waals surface area contributed by atoms with Crippen LogP contribution in [0, 0.1) is 0 Å². The Labute approximate surface area is 181 Å². The number of amides is 1. The summed E-state index contributed by atoms with van der Waals surface area (Å²) in [4.78, 5) is 41.4. The lowest BCUT2D eigenvalue weighted by atomic mass is 10.1. The quantitative estimate of drug-likeness (QED) is 0.538. The van der Waals surface area contributed by atoms with E-state index in [9.17, 15) is 14.4 Å². The molecule has 0 aliphatic heterocycles. The highest BCUT2D eigenvalue weighted by molar-refractivity contribution is 7.16. The standard InChI is InChI=1S/C21H20N2O7S/c1-27-14-6-5-7-15(28-2)18(14)19(25)22-21-23(11-17(24)29-3)13-9-8-12(20(26)30-4)10-16(13)31-21/h5-10H,11H2,1-4H3. The van der Waals surface area contributed by atoms with Crippen LogP contribution in [0.1, 0.15) is 20.7 Å². The molecule has 31 heavy (non-hydrogen) atoms. The summed E-state index contributed by atoms with van der Waals surface area (Å²) in [6, 6.07) is 9.80. The summed E-state index contributed by atoms with van der Waals surface area (Å²) >= 11 is 1.15. The maximum absolute atomic E-state index is 13.1.